The summed E-state index contributed by atoms with van der Waals surface area (Å²) in [7, 11) is 0. The van der Waals surface area contributed by atoms with Crippen LogP contribution in [0, 0.1) is 6.92 Å². The fraction of sp³-hybridized carbons (Fsp3) is 0.560. The Morgan fingerprint density at radius 2 is 1.94 bits per heavy atom. The molecule has 1 saturated carbocycles. The van der Waals surface area contributed by atoms with Gasteiger partial charge in [0, 0.05) is 42.1 Å². The lowest BCUT2D eigenvalue weighted by molar-refractivity contribution is -0.137. The van der Waals surface area contributed by atoms with Gasteiger partial charge in [-0.3, -0.25) is 14.4 Å². The molecule has 1 aliphatic heterocycles. The molecule has 0 spiro atoms. The summed E-state index contributed by atoms with van der Waals surface area (Å²) in [5, 5.41) is 11.8. The number of amides is 1. The molecule has 2 aromatic heterocycles. The number of likely N-dealkylation sites (tertiary alicyclic amines) is 1. The van der Waals surface area contributed by atoms with Crippen molar-refractivity contribution in [3.8, 4) is 0 Å². The standard InChI is InChI=1S/C25H31F3N6OS/c1-3-34-21-9-6-17(25(26,27)28)10-20(21)24(32-34)30-12-23(35)31-18-13-33(14-18)19-7-4-16(5-8-19)22-11-29-15(2)36-22/h6,9-11,16,18-19H,3-5,7-8,12-14H2,1-2H3,(H,30,32)(H,31,35). The number of hydrogen-bond donors (Lipinski definition) is 2. The Kier molecular flexibility index (Phi) is 6.95. The highest BCUT2D eigenvalue weighted by Gasteiger charge is 2.36. The first kappa shape index (κ1) is 25.0. The molecule has 1 aromatic carbocycles. The molecule has 3 heterocycles. The first-order chi connectivity index (χ1) is 17.2. The topological polar surface area (TPSA) is 75.1 Å². The van der Waals surface area contributed by atoms with Gasteiger partial charge in [-0.2, -0.15) is 18.3 Å². The van der Waals surface area contributed by atoms with Gasteiger partial charge < -0.3 is 10.6 Å². The average Bonchev–Trinajstić information content (AvgIpc) is 3.42. The Balaban J connectivity index is 1.10. The maximum Gasteiger partial charge on any atom is 0.416 e. The molecule has 7 nitrogen and oxygen atoms in total. The molecule has 36 heavy (non-hydrogen) atoms. The normalized spacial score (nSPS) is 21.5. The summed E-state index contributed by atoms with van der Waals surface area (Å²) in [5.74, 6) is 0.723. The van der Waals surface area contributed by atoms with Crippen LogP contribution in [0.5, 0.6) is 0 Å². The van der Waals surface area contributed by atoms with Gasteiger partial charge in [0.05, 0.1) is 28.7 Å². The minimum absolute atomic E-state index is 0.0397. The predicted molar refractivity (Wildman–Crippen MR) is 134 cm³/mol. The van der Waals surface area contributed by atoms with Crippen LogP contribution in [0.15, 0.2) is 24.4 Å². The Labute approximate surface area is 212 Å². The van der Waals surface area contributed by atoms with Crippen LogP contribution in [0.2, 0.25) is 0 Å². The Hall–Kier alpha value is -2.66. The summed E-state index contributed by atoms with van der Waals surface area (Å²) in [6.07, 6.45) is 2.27. The third-order valence-electron chi connectivity index (χ3n) is 7.32. The number of fused-ring (bicyclic) bond motifs is 1. The maximum atomic E-state index is 13.2. The van der Waals surface area contributed by atoms with Gasteiger partial charge in [-0.15, -0.1) is 11.3 Å². The van der Waals surface area contributed by atoms with Crippen LogP contribution < -0.4 is 10.6 Å². The molecule has 11 heteroatoms. The highest BCUT2D eigenvalue weighted by Crippen LogP contribution is 2.38. The minimum atomic E-state index is -4.44. The Bertz CT molecular complexity index is 1220. The number of carbonyl (C=O) groups is 1. The highest BCUT2D eigenvalue weighted by molar-refractivity contribution is 7.11. The molecule has 1 amide bonds. The van der Waals surface area contributed by atoms with Crippen molar-refractivity contribution in [2.24, 2.45) is 0 Å². The zero-order valence-electron chi connectivity index (χ0n) is 20.4. The van der Waals surface area contributed by atoms with E-state index in [1.807, 2.05) is 20.0 Å². The summed E-state index contributed by atoms with van der Waals surface area (Å²) in [6.45, 7) is 6.07. The molecular weight excluding hydrogens is 489 g/mol. The van der Waals surface area contributed by atoms with Gasteiger partial charge in [0.1, 0.15) is 0 Å². The molecule has 2 N–H and O–H groups in total. The van der Waals surface area contributed by atoms with Gasteiger partial charge in [-0.05, 0) is 63.6 Å². The largest absolute Gasteiger partial charge is 0.416 e. The lowest BCUT2D eigenvalue weighted by Gasteiger charge is -2.46. The van der Waals surface area contributed by atoms with Gasteiger partial charge in [-0.25, -0.2) is 4.98 Å². The number of aromatic nitrogens is 3. The van der Waals surface area contributed by atoms with Crippen molar-refractivity contribution in [2.75, 3.05) is 25.0 Å². The number of nitrogens with zero attached hydrogens (tertiary/aromatic N) is 4. The van der Waals surface area contributed by atoms with Gasteiger partial charge in [0.2, 0.25) is 5.91 Å². The van der Waals surface area contributed by atoms with Gasteiger partial charge in [-0.1, -0.05) is 0 Å². The SMILES string of the molecule is CCn1nc(NCC(=O)NC2CN(C3CCC(c4cnc(C)s4)CC3)C2)c2cc(C(F)(F)F)ccc21. The lowest BCUT2D eigenvalue weighted by atomic mass is 9.83. The van der Waals surface area contributed by atoms with Crippen LogP contribution in [-0.4, -0.2) is 57.3 Å². The zero-order valence-corrected chi connectivity index (χ0v) is 21.3. The molecule has 5 rings (SSSR count). The second-order valence-corrected chi connectivity index (χ2v) is 11.0. The second-order valence-electron chi connectivity index (χ2n) is 9.75. The summed E-state index contributed by atoms with van der Waals surface area (Å²) in [4.78, 5) is 20.8. The fourth-order valence-electron chi connectivity index (χ4n) is 5.36. The van der Waals surface area contributed by atoms with E-state index in [2.05, 4.69) is 25.6 Å². The van der Waals surface area contributed by atoms with E-state index in [9.17, 15) is 18.0 Å². The molecule has 0 radical (unpaired) electrons. The van der Waals surface area contributed by atoms with Crippen LogP contribution in [-0.2, 0) is 17.5 Å². The summed E-state index contributed by atoms with van der Waals surface area (Å²) in [5.41, 5.74) is -0.132. The lowest BCUT2D eigenvalue weighted by Crippen LogP contribution is -2.62. The van der Waals surface area contributed by atoms with E-state index in [0.717, 1.165) is 43.1 Å². The number of anilines is 1. The molecule has 1 aliphatic carbocycles. The number of halogens is 3. The molecule has 2 aliphatic rings. The molecule has 0 unspecified atom stereocenters. The van der Waals surface area contributed by atoms with Gasteiger partial charge in [0.15, 0.2) is 5.82 Å². The molecule has 194 valence electrons. The average molecular weight is 521 g/mol. The van der Waals surface area contributed by atoms with E-state index in [1.54, 1.807) is 16.0 Å². The second kappa shape index (κ2) is 10.0. The van der Waals surface area contributed by atoms with Crippen molar-refractivity contribution >= 4 is 34.0 Å². The van der Waals surface area contributed by atoms with Crippen LogP contribution >= 0.6 is 11.3 Å². The van der Waals surface area contributed by atoms with Crippen molar-refractivity contribution < 1.29 is 18.0 Å². The third kappa shape index (κ3) is 5.22. The number of aryl methyl sites for hydroxylation is 2. The maximum absolute atomic E-state index is 13.2. The monoisotopic (exact) mass is 520 g/mol. The molecule has 1 saturated heterocycles. The molecular formula is C25H31F3N6OS. The van der Waals surface area contributed by atoms with Gasteiger partial charge in [0.25, 0.3) is 0 Å². The minimum Gasteiger partial charge on any atom is -0.359 e. The fourth-order valence-corrected chi connectivity index (χ4v) is 6.32. The van der Waals surface area contributed by atoms with E-state index >= 15 is 0 Å². The van der Waals surface area contributed by atoms with Crippen molar-refractivity contribution in [3.05, 3.63) is 39.8 Å². The first-order valence-corrected chi connectivity index (χ1v) is 13.3. The van der Waals surface area contributed by atoms with Crippen molar-refractivity contribution in [1.82, 2.24) is 25.0 Å². The summed E-state index contributed by atoms with van der Waals surface area (Å²) in [6, 6.07) is 4.23. The highest BCUT2D eigenvalue weighted by atomic mass is 32.1. The van der Waals surface area contributed by atoms with Crippen LogP contribution in [0.25, 0.3) is 10.9 Å². The Morgan fingerprint density at radius 1 is 1.19 bits per heavy atom. The van der Waals surface area contributed by atoms with Crippen molar-refractivity contribution in [2.45, 2.75) is 70.3 Å². The first-order valence-electron chi connectivity index (χ1n) is 12.5. The van der Waals surface area contributed by atoms with Crippen LogP contribution in [0.1, 0.15) is 54.0 Å². The van der Waals surface area contributed by atoms with E-state index in [0.29, 0.717) is 29.4 Å². The third-order valence-corrected chi connectivity index (χ3v) is 8.40. The molecule has 0 bridgehead atoms. The number of alkyl halides is 3. The van der Waals surface area contributed by atoms with Crippen molar-refractivity contribution in [3.63, 3.8) is 0 Å². The summed E-state index contributed by atoms with van der Waals surface area (Å²) < 4.78 is 41.2. The van der Waals surface area contributed by atoms with E-state index < -0.39 is 11.7 Å². The molecule has 2 fully saturated rings. The van der Waals surface area contributed by atoms with Crippen LogP contribution in [0.4, 0.5) is 19.0 Å². The van der Waals surface area contributed by atoms with E-state index in [4.69, 9.17) is 0 Å². The number of nitrogens with one attached hydrogen (secondary N) is 2. The number of thiazole rings is 1. The van der Waals surface area contributed by atoms with E-state index in [1.165, 1.54) is 23.8 Å². The number of carbonyl (C=O) groups excluding carboxylic acids is 1. The molecule has 3 aromatic rings. The zero-order chi connectivity index (χ0) is 25.4. The summed E-state index contributed by atoms with van der Waals surface area (Å²) >= 11 is 1.80. The van der Waals surface area contributed by atoms with Crippen LogP contribution in [0.3, 0.4) is 0 Å². The number of hydrogen-bond acceptors (Lipinski definition) is 6. The van der Waals surface area contributed by atoms with Crippen molar-refractivity contribution in [1.29, 1.82) is 0 Å². The smallest absolute Gasteiger partial charge is 0.359 e. The Morgan fingerprint density at radius 3 is 2.58 bits per heavy atom. The van der Waals surface area contributed by atoms with Gasteiger partial charge >= 0.3 is 6.18 Å². The predicted octanol–water partition coefficient (Wildman–Crippen LogP) is 4.78. The number of benzene rings is 1. The molecule has 0 atom stereocenters. The number of rotatable bonds is 7. The quantitative estimate of drug-likeness (QED) is 0.469. The van der Waals surface area contributed by atoms with E-state index in [-0.39, 0.29) is 24.3 Å².